The van der Waals surface area contributed by atoms with Crippen molar-refractivity contribution in [2.45, 2.75) is 126 Å². The molecule has 0 aliphatic heterocycles. The average Bonchev–Trinajstić information content (AvgIpc) is 2.84. The smallest absolute Gasteiger partial charge is 0.0729 e. The number of allylic oxidation sites excluding steroid dienone is 12. The van der Waals surface area contributed by atoms with Crippen LogP contribution in [0.5, 0.6) is 0 Å². The van der Waals surface area contributed by atoms with Crippen LogP contribution in [0.3, 0.4) is 0 Å². The third kappa shape index (κ3) is 11.8. The Morgan fingerprint density at radius 3 is 2.26 bits per heavy atom. The predicted octanol–water partition coefficient (Wildman–Crippen LogP) is 9.75. The van der Waals surface area contributed by atoms with E-state index in [2.05, 4.69) is 129 Å². The Bertz CT molecular complexity index is 1290. The molecule has 0 saturated heterocycles. The van der Waals surface area contributed by atoms with Crippen LogP contribution in [-0.4, -0.2) is 22.4 Å². The largest absolute Gasteiger partial charge is 0.393 e. The number of rotatable bonds is 8. The highest BCUT2D eigenvalue weighted by molar-refractivity contribution is 5.45. The number of hydrogen-bond acceptors (Lipinski definition) is 2. The minimum Gasteiger partial charge on any atom is -0.393 e. The van der Waals surface area contributed by atoms with Gasteiger partial charge in [0, 0.05) is 16.9 Å². The maximum absolute atomic E-state index is 10.1. The van der Waals surface area contributed by atoms with Gasteiger partial charge >= 0.3 is 0 Å². The molecular formula is C40H56O2. The van der Waals surface area contributed by atoms with Gasteiger partial charge in [-0.2, -0.15) is 0 Å². The molecule has 0 saturated carbocycles. The highest BCUT2D eigenvalue weighted by Crippen LogP contribution is 2.41. The second-order valence-electron chi connectivity index (χ2n) is 13.9. The van der Waals surface area contributed by atoms with Crippen LogP contribution in [0.2, 0.25) is 0 Å². The van der Waals surface area contributed by atoms with Crippen molar-refractivity contribution in [3.63, 3.8) is 0 Å². The molecule has 0 bridgehead atoms. The summed E-state index contributed by atoms with van der Waals surface area (Å²) in [6.45, 7) is 21.4. The molecule has 0 amide bonds. The summed E-state index contributed by atoms with van der Waals surface area (Å²) < 4.78 is 0. The van der Waals surface area contributed by atoms with Crippen LogP contribution in [0.1, 0.15) is 114 Å². The summed E-state index contributed by atoms with van der Waals surface area (Å²) in [5, 5.41) is 20.1. The van der Waals surface area contributed by atoms with Gasteiger partial charge in [0.05, 0.1) is 12.2 Å². The molecule has 2 heteroatoms. The zero-order valence-corrected chi connectivity index (χ0v) is 28.1. The third-order valence-electron chi connectivity index (χ3n) is 8.44. The van der Waals surface area contributed by atoms with E-state index in [0.29, 0.717) is 0 Å². The van der Waals surface area contributed by atoms with Crippen molar-refractivity contribution in [2.75, 3.05) is 0 Å². The molecule has 0 aromatic carbocycles. The number of aliphatic hydroxyl groups excluding tert-OH is 2. The predicted molar refractivity (Wildman–Crippen MR) is 182 cm³/mol. The van der Waals surface area contributed by atoms with E-state index in [1.807, 2.05) is 6.08 Å². The molecule has 0 spiro atoms. The highest BCUT2D eigenvalue weighted by atomic mass is 16.3. The first kappa shape index (κ1) is 35.4. The summed E-state index contributed by atoms with van der Waals surface area (Å²) in [6.07, 6.45) is 21.0. The van der Waals surface area contributed by atoms with Gasteiger partial charge in [-0.25, -0.2) is 0 Å². The lowest BCUT2D eigenvalue weighted by molar-refractivity contribution is 0.117. The van der Waals surface area contributed by atoms with Gasteiger partial charge in [-0.15, -0.1) is 0 Å². The van der Waals surface area contributed by atoms with E-state index in [4.69, 9.17) is 0 Å². The van der Waals surface area contributed by atoms with Crippen molar-refractivity contribution >= 4 is 0 Å². The fourth-order valence-corrected chi connectivity index (χ4v) is 6.22. The van der Waals surface area contributed by atoms with E-state index in [9.17, 15) is 10.2 Å². The molecule has 0 radical (unpaired) electrons. The first-order valence-electron chi connectivity index (χ1n) is 15.7. The van der Waals surface area contributed by atoms with Gasteiger partial charge in [0.2, 0.25) is 0 Å². The van der Waals surface area contributed by atoms with Crippen molar-refractivity contribution in [2.24, 2.45) is 16.7 Å². The number of hydrogen-bond donors (Lipinski definition) is 2. The van der Waals surface area contributed by atoms with E-state index in [-0.39, 0.29) is 29.0 Å². The van der Waals surface area contributed by atoms with E-state index in [1.165, 1.54) is 27.9 Å². The highest BCUT2D eigenvalue weighted by Gasteiger charge is 2.35. The van der Waals surface area contributed by atoms with Crippen LogP contribution < -0.4 is 0 Å². The summed E-state index contributed by atoms with van der Waals surface area (Å²) in [7, 11) is 0. The molecule has 2 aliphatic rings. The standard InChI is InChI=1S/C40H56O2/c1-29(17-13-19-31(3)21-23-37-33(5)25-35(41)27-39(37,7)8)15-11-12-16-30(2)18-14-20-32(4)22-24-38-34(6)26-36(42)28-40(38,9)10/h13,15-17,19-20,26,35-36,38,41-42H,11-12,14,18,25,27-28H2,1-10H3/b17-13+,29-15+,30-16+,31-19+,32-20+/t35-,36-,38+/m1/s1. The molecule has 228 valence electrons. The first-order chi connectivity index (χ1) is 19.6. The Balaban J connectivity index is 1.81. The monoisotopic (exact) mass is 568 g/mol. The van der Waals surface area contributed by atoms with E-state index in [0.717, 1.165) is 56.1 Å². The van der Waals surface area contributed by atoms with Gasteiger partial charge in [0.25, 0.3) is 0 Å². The molecule has 0 aromatic heterocycles. The maximum atomic E-state index is 10.1. The average molecular weight is 569 g/mol. The molecule has 0 heterocycles. The molecule has 2 rings (SSSR count). The van der Waals surface area contributed by atoms with E-state index in [1.54, 1.807) is 0 Å². The van der Waals surface area contributed by atoms with Crippen LogP contribution in [0, 0.1) is 40.4 Å². The molecule has 0 fully saturated rings. The van der Waals surface area contributed by atoms with Gasteiger partial charge in [-0.1, -0.05) is 116 Å². The molecule has 3 atom stereocenters. The van der Waals surface area contributed by atoms with Crippen LogP contribution in [-0.2, 0) is 0 Å². The molecule has 42 heavy (non-hydrogen) atoms. The SMILES string of the molecule is CC1=C[C@@H](O)CC(C)(C)[C@H]1C#C/C(C)=C/CC/C(C)=C/CC/C=C(C)/C=C/C=C(\C)C#CC1=C(C)C[C@@H](O)CC1(C)C. The van der Waals surface area contributed by atoms with E-state index >= 15 is 0 Å². The molecule has 0 aromatic rings. The van der Waals surface area contributed by atoms with Crippen molar-refractivity contribution < 1.29 is 10.2 Å². The second-order valence-corrected chi connectivity index (χ2v) is 13.9. The normalized spacial score (nSPS) is 25.0. The molecule has 2 nitrogen and oxygen atoms in total. The van der Waals surface area contributed by atoms with Gasteiger partial charge in [-0.05, 0) is 103 Å². The van der Waals surface area contributed by atoms with E-state index < -0.39 is 0 Å². The summed E-state index contributed by atoms with van der Waals surface area (Å²) in [5.74, 6) is 13.8. The van der Waals surface area contributed by atoms with Gasteiger partial charge in [-0.3, -0.25) is 0 Å². The lowest BCUT2D eigenvalue weighted by Crippen LogP contribution is -2.32. The Kier molecular flexibility index (Phi) is 13.6. The van der Waals surface area contributed by atoms with Crippen molar-refractivity contribution in [1.29, 1.82) is 0 Å². The fraction of sp³-hybridized carbons (Fsp3) is 0.550. The first-order valence-corrected chi connectivity index (χ1v) is 15.7. The second kappa shape index (κ2) is 16.2. The van der Waals surface area contributed by atoms with Gasteiger partial charge in [0.15, 0.2) is 0 Å². The zero-order valence-electron chi connectivity index (χ0n) is 28.1. The van der Waals surface area contributed by atoms with Crippen molar-refractivity contribution in [3.8, 4) is 23.7 Å². The van der Waals surface area contributed by atoms with Crippen LogP contribution in [0.15, 0.2) is 81.5 Å². The molecule has 2 aliphatic carbocycles. The Hall–Kier alpha value is -2.78. The minimum absolute atomic E-state index is 0.00627. The topological polar surface area (TPSA) is 40.5 Å². The Morgan fingerprint density at radius 2 is 1.60 bits per heavy atom. The summed E-state index contributed by atoms with van der Waals surface area (Å²) in [6, 6.07) is 0. The lowest BCUT2D eigenvalue weighted by Gasteiger charge is -2.37. The van der Waals surface area contributed by atoms with Crippen molar-refractivity contribution in [1.82, 2.24) is 0 Å². The number of unbranched alkanes of at least 4 members (excludes halogenated alkanes) is 1. The zero-order chi connectivity index (χ0) is 31.5. The molecule has 0 unspecified atom stereocenters. The minimum atomic E-state index is -0.350. The summed E-state index contributed by atoms with van der Waals surface area (Å²) in [5.41, 5.74) is 8.35. The van der Waals surface area contributed by atoms with Gasteiger partial charge < -0.3 is 10.2 Å². The van der Waals surface area contributed by atoms with Crippen LogP contribution in [0.25, 0.3) is 0 Å². The molecular weight excluding hydrogens is 512 g/mol. The summed E-state index contributed by atoms with van der Waals surface area (Å²) in [4.78, 5) is 0. The third-order valence-corrected chi connectivity index (χ3v) is 8.44. The quantitative estimate of drug-likeness (QED) is 0.132. The Labute approximate surface area is 258 Å². The number of aliphatic hydroxyl groups is 2. The van der Waals surface area contributed by atoms with Crippen molar-refractivity contribution in [3.05, 3.63) is 81.5 Å². The van der Waals surface area contributed by atoms with Crippen LogP contribution >= 0.6 is 0 Å². The van der Waals surface area contributed by atoms with Crippen LogP contribution in [0.4, 0.5) is 0 Å². The summed E-state index contributed by atoms with van der Waals surface area (Å²) >= 11 is 0. The van der Waals surface area contributed by atoms with Gasteiger partial charge in [0.1, 0.15) is 0 Å². The Morgan fingerprint density at radius 1 is 0.905 bits per heavy atom. The fourth-order valence-electron chi connectivity index (χ4n) is 6.22. The lowest BCUT2D eigenvalue weighted by atomic mass is 9.68. The maximum Gasteiger partial charge on any atom is 0.0729 e. The molecule has 2 N–H and O–H groups in total.